The van der Waals surface area contributed by atoms with Crippen molar-refractivity contribution in [3.8, 4) is 0 Å². The topological polar surface area (TPSA) is 37.6 Å². The first-order chi connectivity index (χ1) is 9.45. The molecule has 114 valence electrons. The van der Waals surface area contributed by atoms with Crippen LogP contribution in [0.15, 0.2) is 10.5 Å². The number of furan rings is 1. The highest BCUT2D eigenvalue weighted by atomic mass is 16.5. The summed E-state index contributed by atoms with van der Waals surface area (Å²) >= 11 is 0. The van der Waals surface area contributed by atoms with Gasteiger partial charge in [0.05, 0.1) is 19.3 Å². The Balaban J connectivity index is 1.97. The number of nitrogens with zero attached hydrogens (tertiary/aromatic N) is 1. The van der Waals surface area contributed by atoms with E-state index in [4.69, 9.17) is 9.15 Å². The van der Waals surface area contributed by atoms with Gasteiger partial charge >= 0.3 is 0 Å². The molecule has 0 spiro atoms. The molecule has 1 aliphatic heterocycles. The van der Waals surface area contributed by atoms with Gasteiger partial charge in [0.1, 0.15) is 11.5 Å². The van der Waals surface area contributed by atoms with Crippen molar-refractivity contribution in [1.29, 1.82) is 0 Å². The van der Waals surface area contributed by atoms with Crippen LogP contribution in [0.3, 0.4) is 0 Å². The summed E-state index contributed by atoms with van der Waals surface area (Å²) in [4.78, 5) is 2.44. The van der Waals surface area contributed by atoms with Crippen LogP contribution in [0.4, 0.5) is 0 Å². The number of ether oxygens (including phenoxy) is 1. The second-order valence-corrected chi connectivity index (χ2v) is 6.25. The Labute approximate surface area is 122 Å². The van der Waals surface area contributed by atoms with Crippen LogP contribution in [0.1, 0.15) is 44.8 Å². The quantitative estimate of drug-likeness (QED) is 0.900. The molecule has 1 aromatic rings. The smallest absolute Gasteiger partial charge is 0.118 e. The summed E-state index contributed by atoms with van der Waals surface area (Å²) in [5.74, 6) is 2.09. The van der Waals surface area contributed by atoms with Crippen LogP contribution in [0.25, 0.3) is 0 Å². The minimum atomic E-state index is 0.310. The van der Waals surface area contributed by atoms with Crippen molar-refractivity contribution in [2.24, 2.45) is 0 Å². The molecule has 1 saturated heterocycles. The maximum atomic E-state index is 5.91. The molecular formula is C16H28N2O2. The molecule has 20 heavy (non-hydrogen) atoms. The normalized spacial score (nSPS) is 24.5. The number of nitrogens with one attached hydrogen (secondary N) is 1. The predicted octanol–water partition coefficient (Wildman–Crippen LogP) is 2.70. The van der Waals surface area contributed by atoms with Gasteiger partial charge in [-0.25, -0.2) is 0 Å². The molecule has 2 unspecified atom stereocenters. The van der Waals surface area contributed by atoms with Crippen molar-refractivity contribution in [3.63, 3.8) is 0 Å². The van der Waals surface area contributed by atoms with Crippen molar-refractivity contribution < 1.29 is 9.15 Å². The van der Waals surface area contributed by atoms with Crippen LogP contribution >= 0.6 is 0 Å². The summed E-state index contributed by atoms with van der Waals surface area (Å²) < 4.78 is 11.6. The molecule has 0 radical (unpaired) electrons. The van der Waals surface area contributed by atoms with Crippen molar-refractivity contribution in [1.82, 2.24) is 10.2 Å². The summed E-state index contributed by atoms with van der Waals surface area (Å²) in [5.41, 5.74) is 1.27. The highest BCUT2D eigenvalue weighted by Crippen LogP contribution is 2.20. The first-order valence-corrected chi connectivity index (χ1v) is 7.63. The minimum absolute atomic E-state index is 0.310. The third-order valence-electron chi connectivity index (χ3n) is 3.87. The first-order valence-electron chi connectivity index (χ1n) is 7.63. The molecule has 2 rings (SSSR count). The van der Waals surface area contributed by atoms with Gasteiger partial charge < -0.3 is 14.5 Å². The van der Waals surface area contributed by atoms with Gasteiger partial charge in [0, 0.05) is 30.7 Å². The van der Waals surface area contributed by atoms with Crippen LogP contribution in [0.2, 0.25) is 0 Å². The summed E-state index contributed by atoms with van der Waals surface area (Å²) in [6, 6.07) is 3.14. The first kappa shape index (κ1) is 15.5. The molecule has 1 fully saturated rings. The Kier molecular flexibility index (Phi) is 5.24. The van der Waals surface area contributed by atoms with Crippen molar-refractivity contribution in [3.05, 3.63) is 23.2 Å². The molecule has 2 heterocycles. The monoisotopic (exact) mass is 280 g/mol. The zero-order valence-corrected chi connectivity index (χ0v) is 13.4. The molecule has 0 aromatic carbocycles. The molecule has 0 amide bonds. The molecule has 1 N–H and O–H groups in total. The summed E-state index contributed by atoms with van der Waals surface area (Å²) in [6.45, 7) is 14.2. The van der Waals surface area contributed by atoms with E-state index in [9.17, 15) is 0 Å². The number of morpholine rings is 1. The van der Waals surface area contributed by atoms with Crippen LogP contribution in [0, 0.1) is 6.92 Å². The number of hydrogen-bond acceptors (Lipinski definition) is 4. The Bertz CT molecular complexity index is 428. The summed E-state index contributed by atoms with van der Waals surface area (Å²) in [7, 11) is 0. The number of rotatable bonds is 5. The molecule has 0 aliphatic carbocycles. The molecular weight excluding hydrogens is 252 g/mol. The predicted molar refractivity (Wildman–Crippen MR) is 80.7 cm³/mol. The van der Waals surface area contributed by atoms with Gasteiger partial charge in [-0.2, -0.15) is 0 Å². The number of aryl methyl sites for hydroxylation is 1. The second-order valence-electron chi connectivity index (χ2n) is 6.25. The standard InChI is InChI=1S/C16H28N2O2/c1-11(2)17-7-15-6-16(20-14(15)5)9-18-8-13(4)19-10-12(18)3/h6,11-13,17H,7-10H2,1-5H3. The maximum absolute atomic E-state index is 5.91. The highest BCUT2D eigenvalue weighted by molar-refractivity contribution is 5.20. The fourth-order valence-electron chi connectivity index (χ4n) is 2.55. The third-order valence-corrected chi connectivity index (χ3v) is 3.87. The van der Waals surface area contributed by atoms with Gasteiger partial charge in [-0.05, 0) is 26.8 Å². The molecule has 1 aliphatic rings. The molecule has 2 atom stereocenters. The fraction of sp³-hybridized carbons (Fsp3) is 0.750. The molecule has 0 saturated carbocycles. The van der Waals surface area contributed by atoms with E-state index in [1.165, 1.54) is 5.56 Å². The van der Waals surface area contributed by atoms with Crippen LogP contribution in [0.5, 0.6) is 0 Å². The molecule has 4 nitrogen and oxygen atoms in total. The Hall–Kier alpha value is -0.840. The van der Waals surface area contributed by atoms with Gasteiger partial charge in [0.2, 0.25) is 0 Å². The number of hydrogen-bond donors (Lipinski definition) is 1. The lowest BCUT2D eigenvalue weighted by atomic mass is 10.2. The lowest BCUT2D eigenvalue weighted by Gasteiger charge is -2.36. The molecule has 1 aromatic heterocycles. The van der Waals surface area contributed by atoms with Gasteiger partial charge in [-0.1, -0.05) is 13.8 Å². The van der Waals surface area contributed by atoms with Crippen LogP contribution in [-0.2, 0) is 17.8 Å². The Morgan fingerprint density at radius 2 is 2.15 bits per heavy atom. The van der Waals surface area contributed by atoms with Gasteiger partial charge in [0.15, 0.2) is 0 Å². The lowest BCUT2D eigenvalue weighted by Crippen LogP contribution is -2.46. The largest absolute Gasteiger partial charge is 0.465 e. The average Bonchev–Trinajstić information content (AvgIpc) is 2.72. The zero-order chi connectivity index (χ0) is 14.7. The summed E-state index contributed by atoms with van der Waals surface area (Å²) in [6.07, 6.45) is 0.310. The van der Waals surface area contributed by atoms with Crippen LogP contribution in [-0.4, -0.2) is 36.2 Å². The van der Waals surface area contributed by atoms with E-state index in [1.54, 1.807) is 0 Å². The molecule has 4 heteroatoms. The zero-order valence-electron chi connectivity index (χ0n) is 13.4. The van der Waals surface area contributed by atoms with E-state index < -0.39 is 0 Å². The van der Waals surface area contributed by atoms with E-state index in [0.717, 1.165) is 37.8 Å². The minimum Gasteiger partial charge on any atom is -0.465 e. The maximum Gasteiger partial charge on any atom is 0.118 e. The summed E-state index contributed by atoms with van der Waals surface area (Å²) in [5, 5.41) is 3.44. The van der Waals surface area contributed by atoms with Crippen molar-refractivity contribution in [2.75, 3.05) is 13.2 Å². The SMILES string of the molecule is Cc1oc(CN2CC(C)OCC2C)cc1CNC(C)C. The molecule has 0 bridgehead atoms. The van der Waals surface area contributed by atoms with Gasteiger partial charge in [-0.3, -0.25) is 4.90 Å². The van der Waals surface area contributed by atoms with Crippen molar-refractivity contribution in [2.45, 2.75) is 65.9 Å². The van der Waals surface area contributed by atoms with E-state index in [1.807, 2.05) is 6.92 Å². The van der Waals surface area contributed by atoms with Crippen molar-refractivity contribution >= 4 is 0 Å². The van der Waals surface area contributed by atoms with Gasteiger partial charge in [-0.15, -0.1) is 0 Å². The van der Waals surface area contributed by atoms with E-state index in [-0.39, 0.29) is 0 Å². The van der Waals surface area contributed by atoms with Crippen LogP contribution < -0.4 is 5.32 Å². The lowest BCUT2D eigenvalue weighted by molar-refractivity contribution is -0.0546. The van der Waals surface area contributed by atoms with E-state index in [2.05, 4.69) is 44.0 Å². The Morgan fingerprint density at radius 3 is 2.85 bits per heavy atom. The third kappa shape index (κ3) is 4.08. The average molecular weight is 280 g/mol. The van der Waals surface area contributed by atoms with Gasteiger partial charge in [0.25, 0.3) is 0 Å². The van der Waals surface area contributed by atoms with E-state index in [0.29, 0.717) is 18.2 Å². The van der Waals surface area contributed by atoms with E-state index >= 15 is 0 Å². The fourth-order valence-corrected chi connectivity index (χ4v) is 2.55. The Morgan fingerprint density at radius 1 is 1.40 bits per heavy atom. The second kappa shape index (κ2) is 6.74. The highest BCUT2D eigenvalue weighted by Gasteiger charge is 2.24.